The third-order valence-electron chi connectivity index (χ3n) is 7.43. The second-order valence-electron chi connectivity index (χ2n) is 11.7. The molecule has 0 bridgehead atoms. The molecule has 1 aromatic rings. The molecule has 0 fully saturated rings. The maximum Gasteiger partial charge on any atom is 0.317 e. The summed E-state index contributed by atoms with van der Waals surface area (Å²) in [6.07, 6.45) is -7.13. The van der Waals surface area contributed by atoms with Crippen molar-refractivity contribution in [3.63, 3.8) is 0 Å². The van der Waals surface area contributed by atoms with E-state index in [9.17, 15) is 74.7 Å². The first-order valence-corrected chi connectivity index (χ1v) is 15.4. The van der Waals surface area contributed by atoms with E-state index in [0.717, 1.165) is 14.7 Å². The summed E-state index contributed by atoms with van der Waals surface area (Å²) in [5.74, 6) is -7.12. The molecule has 51 heavy (non-hydrogen) atoms. The van der Waals surface area contributed by atoms with Gasteiger partial charge in [0, 0.05) is 39.3 Å². The summed E-state index contributed by atoms with van der Waals surface area (Å²) in [7, 11) is 1.28. The highest BCUT2D eigenvalue weighted by molar-refractivity contribution is 5.77. The van der Waals surface area contributed by atoms with Gasteiger partial charge in [0.1, 0.15) is 30.2 Å². The molecule has 0 aromatic heterocycles. The number of benzene rings is 1. The van der Waals surface area contributed by atoms with Crippen LogP contribution < -0.4 is 4.74 Å². The standard InChI is InChI=1S/C30H46N4O17/c1-31(10-21(36)29(49)30(50)22(37)16-35)23(38)17-51-20-4-2-18(3-5-20)8-19(9-33(13-26(43)44)14-27(45)46)34(15-28(47)48)7-6-32(11-24(39)40)12-25(41)42/h2-5,19,21-22,29-30,35-37,49-50H,6-17H2,1H3,(H,39,40)(H,41,42)(H,43,44)(H,45,46)(H,47,48). The third-order valence-corrected chi connectivity index (χ3v) is 7.43. The van der Waals surface area contributed by atoms with Crippen molar-refractivity contribution in [1.82, 2.24) is 19.6 Å². The monoisotopic (exact) mass is 734 g/mol. The predicted molar refractivity (Wildman–Crippen MR) is 171 cm³/mol. The van der Waals surface area contributed by atoms with E-state index >= 15 is 0 Å². The van der Waals surface area contributed by atoms with Crippen LogP contribution in [0.25, 0.3) is 0 Å². The molecule has 1 amide bonds. The summed E-state index contributed by atoms with van der Waals surface area (Å²) in [5.41, 5.74) is 0.533. The number of amides is 1. The van der Waals surface area contributed by atoms with E-state index in [-0.39, 0.29) is 31.8 Å². The van der Waals surface area contributed by atoms with E-state index in [2.05, 4.69) is 0 Å². The molecular formula is C30H46N4O17. The van der Waals surface area contributed by atoms with Crippen LogP contribution in [0.3, 0.4) is 0 Å². The number of aliphatic hydroxyl groups is 5. The summed E-state index contributed by atoms with van der Waals surface area (Å²) in [4.78, 5) is 74.4. The van der Waals surface area contributed by atoms with Gasteiger partial charge in [0.15, 0.2) is 6.61 Å². The van der Waals surface area contributed by atoms with Gasteiger partial charge in [-0.3, -0.25) is 43.5 Å². The molecular weight excluding hydrogens is 688 g/mol. The lowest BCUT2D eigenvalue weighted by molar-refractivity contribution is -0.144. The molecule has 0 aliphatic heterocycles. The quantitative estimate of drug-likeness (QED) is 0.0405. The number of carboxylic acid groups (broad SMARTS) is 5. The number of nitrogens with zero attached hydrogens (tertiary/aromatic N) is 4. The normalized spacial score (nSPS) is 14.5. The van der Waals surface area contributed by atoms with Crippen LogP contribution >= 0.6 is 0 Å². The topological polar surface area (TPSA) is 327 Å². The van der Waals surface area contributed by atoms with Gasteiger partial charge in [-0.15, -0.1) is 0 Å². The van der Waals surface area contributed by atoms with Crippen LogP contribution in [0.5, 0.6) is 5.75 Å². The number of carboxylic acids is 5. The molecule has 0 saturated carbocycles. The summed E-state index contributed by atoms with van der Waals surface area (Å²) >= 11 is 0. The Bertz CT molecular complexity index is 1270. The molecule has 21 heteroatoms. The lowest BCUT2D eigenvalue weighted by Crippen LogP contribution is -2.51. The average molecular weight is 735 g/mol. The molecule has 5 atom stereocenters. The van der Waals surface area contributed by atoms with Gasteiger partial charge in [0.25, 0.3) is 5.91 Å². The fourth-order valence-electron chi connectivity index (χ4n) is 4.91. The first kappa shape index (κ1) is 44.5. The van der Waals surface area contributed by atoms with Gasteiger partial charge >= 0.3 is 29.8 Å². The van der Waals surface area contributed by atoms with Crippen molar-refractivity contribution in [1.29, 1.82) is 0 Å². The minimum atomic E-state index is -1.88. The SMILES string of the molecule is CN(CC(O)C(O)C(O)C(O)CO)C(=O)COc1ccc(CC(CN(CC(=O)O)CC(=O)O)N(CCN(CC(=O)O)CC(=O)O)CC(=O)O)cc1. The molecule has 0 aliphatic carbocycles. The van der Waals surface area contributed by atoms with Crippen LogP contribution in [0, 0.1) is 0 Å². The molecule has 0 spiro atoms. The predicted octanol–water partition coefficient (Wildman–Crippen LogP) is -4.80. The van der Waals surface area contributed by atoms with Gasteiger partial charge in [0.05, 0.1) is 39.3 Å². The number of ether oxygens (including phenoxy) is 1. The largest absolute Gasteiger partial charge is 0.484 e. The minimum absolute atomic E-state index is 0.0138. The highest BCUT2D eigenvalue weighted by atomic mass is 16.5. The van der Waals surface area contributed by atoms with Crippen LogP contribution in [0.4, 0.5) is 0 Å². The van der Waals surface area contributed by atoms with Gasteiger partial charge in [0.2, 0.25) is 0 Å². The summed E-state index contributed by atoms with van der Waals surface area (Å²) in [6, 6.07) is 5.13. The Labute approximate surface area is 291 Å². The molecule has 5 unspecified atom stereocenters. The Balaban J connectivity index is 3.15. The van der Waals surface area contributed by atoms with Gasteiger partial charge in [-0.2, -0.15) is 0 Å². The molecule has 0 heterocycles. The molecule has 0 radical (unpaired) electrons. The van der Waals surface area contributed by atoms with Gasteiger partial charge in [-0.05, 0) is 24.1 Å². The number of aliphatic carboxylic acids is 5. The van der Waals surface area contributed by atoms with Crippen LogP contribution in [0.2, 0.25) is 0 Å². The maximum absolute atomic E-state index is 12.5. The third kappa shape index (κ3) is 17.8. The zero-order valence-corrected chi connectivity index (χ0v) is 27.8. The van der Waals surface area contributed by atoms with Crippen molar-refractivity contribution in [3.05, 3.63) is 29.8 Å². The van der Waals surface area contributed by atoms with E-state index in [1.54, 1.807) is 12.1 Å². The zero-order chi connectivity index (χ0) is 38.8. The highest BCUT2D eigenvalue weighted by Gasteiger charge is 2.31. The van der Waals surface area contributed by atoms with E-state index in [1.165, 1.54) is 24.1 Å². The second-order valence-corrected chi connectivity index (χ2v) is 11.7. The number of hydrogen-bond donors (Lipinski definition) is 10. The lowest BCUT2D eigenvalue weighted by Gasteiger charge is -2.35. The summed E-state index contributed by atoms with van der Waals surface area (Å²) < 4.78 is 5.49. The Kier molecular flexibility index (Phi) is 19.5. The first-order valence-electron chi connectivity index (χ1n) is 15.4. The average Bonchev–Trinajstić information content (AvgIpc) is 3.03. The van der Waals surface area contributed by atoms with Gasteiger partial charge < -0.3 is 60.7 Å². The van der Waals surface area contributed by atoms with E-state index in [4.69, 9.17) is 9.84 Å². The molecule has 10 N–H and O–H groups in total. The Morgan fingerprint density at radius 1 is 0.647 bits per heavy atom. The number of hydrogen-bond acceptors (Lipinski definition) is 15. The number of likely N-dealkylation sites (N-methyl/N-ethyl adjacent to an activating group) is 1. The number of carbonyl (C=O) groups excluding carboxylic acids is 1. The molecule has 21 nitrogen and oxygen atoms in total. The molecule has 1 aromatic carbocycles. The van der Waals surface area contributed by atoms with Gasteiger partial charge in [-0.25, -0.2) is 0 Å². The van der Waals surface area contributed by atoms with Crippen LogP contribution in [-0.4, -0.2) is 216 Å². The van der Waals surface area contributed by atoms with Crippen LogP contribution in [-0.2, 0) is 35.2 Å². The van der Waals surface area contributed by atoms with E-state index in [1.807, 2.05) is 0 Å². The zero-order valence-electron chi connectivity index (χ0n) is 27.8. The van der Waals surface area contributed by atoms with Gasteiger partial charge in [-0.1, -0.05) is 12.1 Å². The Hall–Kier alpha value is -4.48. The van der Waals surface area contributed by atoms with Crippen molar-refractivity contribution in [3.8, 4) is 5.75 Å². The Morgan fingerprint density at radius 2 is 1.12 bits per heavy atom. The van der Waals surface area contributed by atoms with E-state index in [0.29, 0.717) is 5.56 Å². The van der Waals surface area contributed by atoms with E-state index < -0.39 is 119 Å². The fraction of sp³-hybridized carbons (Fsp3) is 0.600. The van der Waals surface area contributed by atoms with Crippen molar-refractivity contribution < 1.29 is 84.6 Å². The van der Waals surface area contributed by atoms with Crippen LogP contribution in [0.1, 0.15) is 5.56 Å². The number of carbonyl (C=O) groups is 6. The lowest BCUT2D eigenvalue weighted by atomic mass is 10.0. The maximum atomic E-state index is 12.5. The summed E-state index contributed by atoms with van der Waals surface area (Å²) in [6.45, 7) is -5.90. The van der Waals surface area contributed by atoms with Crippen molar-refractivity contribution in [2.24, 2.45) is 0 Å². The Morgan fingerprint density at radius 3 is 1.59 bits per heavy atom. The molecule has 0 saturated heterocycles. The van der Waals surface area contributed by atoms with Crippen molar-refractivity contribution in [2.45, 2.75) is 36.9 Å². The highest BCUT2D eigenvalue weighted by Crippen LogP contribution is 2.17. The van der Waals surface area contributed by atoms with Crippen LogP contribution in [0.15, 0.2) is 24.3 Å². The number of rotatable bonds is 27. The second kappa shape index (κ2) is 22.4. The number of aliphatic hydroxyl groups excluding tert-OH is 5. The van der Waals surface area contributed by atoms with Crippen molar-refractivity contribution >= 4 is 35.8 Å². The molecule has 0 aliphatic rings. The fourth-order valence-corrected chi connectivity index (χ4v) is 4.91. The first-order chi connectivity index (χ1) is 23.8. The molecule has 288 valence electrons. The molecule has 1 rings (SSSR count). The summed E-state index contributed by atoms with van der Waals surface area (Å²) in [5, 5.41) is 94.9. The van der Waals surface area contributed by atoms with Crippen molar-refractivity contribution in [2.75, 3.05) is 79.2 Å². The minimum Gasteiger partial charge on any atom is -0.484 e. The smallest absolute Gasteiger partial charge is 0.317 e.